The molecule has 1 aliphatic rings. The van der Waals surface area contributed by atoms with Crippen molar-refractivity contribution in [2.45, 2.75) is 0 Å². The molecular weight excluding hydrogens is 178 g/mol. The molecule has 1 atom stereocenters. The maximum atomic E-state index is 10.1. The fourth-order valence-electron chi connectivity index (χ4n) is 0.857. The Labute approximate surface area is 74.0 Å². The summed E-state index contributed by atoms with van der Waals surface area (Å²) in [6.07, 6.45) is 2.80. The SMILES string of the molecule is NCC1C=CSNC1=C[N+](=O)[O-]. The van der Waals surface area contributed by atoms with E-state index in [0.717, 1.165) is 6.20 Å². The summed E-state index contributed by atoms with van der Waals surface area (Å²) < 4.78 is 2.82. The highest BCUT2D eigenvalue weighted by molar-refractivity contribution is 8.00. The maximum absolute atomic E-state index is 10.1. The second-order valence-corrected chi connectivity index (χ2v) is 2.97. The minimum atomic E-state index is -0.481. The Kier molecular flexibility index (Phi) is 3.12. The van der Waals surface area contributed by atoms with E-state index in [4.69, 9.17) is 5.73 Å². The van der Waals surface area contributed by atoms with Gasteiger partial charge in [-0.25, -0.2) is 0 Å². The van der Waals surface area contributed by atoms with E-state index in [1.54, 1.807) is 0 Å². The molecule has 0 saturated carbocycles. The molecule has 1 aliphatic heterocycles. The molecule has 1 heterocycles. The van der Waals surface area contributed by atoms with E-state index in [0.29, 0.717) is 12.2 Å². The van der Waals surface area contributed by atoms with Gasteiger partial charge in [0, 0.05) is 12.5 Å². The van der Waals surface area contributed by atoms with Gasteiger partial charge in [0.25, 0.3) is 6.20 Å². The average Bonchev–Trinajstić information content (AvgIpc) is 2.04. The zero-order chi connectivity index (χ0) is 8.97. The lowest BCUT2D eigenvalue weighted by molar-refractivity contribution is -0.404. The largest absolute Gasteiger partial charge is 0.329 e. The smallest absolute Gasteiger partial charge is 0.254 e. The molecule has 0 radical (unpaired) electrons. The van der Waals surface area contributed by atoms with Crippen molar-refractivity contribution in [3.05, 3.63) is 33.5 Å². The van der Waals surface area contributed by atoms with Crippen LogP contribution in [0.4, 0.5) is 0 Å². The third-order valence-corrected chi connectivity index (χ3v) is 2.10. The first-order valence-corrected chi connectivity index (χ1v) is 4.25. The first-order valence-electron chi connectivity index (χ1n) is 3.37. The average molecular weight is 187 g/mol. The Balaban J connectivity index is 2.75. The molecule has 66 valence electrons. The van der Waals surface area contributed by atoms with Crippen LogP contribution in [0.3, 0.4) is 0 Å². The zero-order valence-electron chi connectivity index (χ0n) is 6.27. The highest BCUT2D eigenvalue weighted by atomic mass is 32.2. The third kappa shape index (κ3) is 2.24. The molecule has 1 unspecified atom stereocenters. The summed E-state index contributed by atoms with van der Waals surface area (Å²) in [5.74, 6) is -0.0587. The first kappa shape index (κ1) is 9.08. The summed E-state index contributed by atoms with van der Waals surface area (Å²) in [6, 6.07) is 0. The zero-order valence-corrected chi connectivity index (χ0v) is 7.08. The van der Waals surface area contributed by atoms with Crippen LogP contribution in [0.15, 0.2) is 23.4 Å². The van der Waals surface area contributed by atoms with Crippen LogP contribution in [0.1, 0.15) is 0 Å². The highest BCUT2D eigenvalue weighted by Gasteiger charge is 2.15. The standard InChI is InChI=1S/C6H9N3O2S/c7-3-5-1-2-12-8-6(5)4-9(10)11/h1-2,4-5,8H,3,7H2. The van der Waals surface area contributed by atoms with E-state index in [-0.39, 0.29) is 5.92 Å². The molecular formula is C6H9N3O2S. The van der Waals surface area contributed by atoms with Gasteiger partial charge in [-0.1, -0.05) is 6.08 Å². The number of nitro groups is 1. The highest BCUT2D eigenvalue weighted by Crippen LogP contribution is 2.19. The van der Waals surface area contributed by atoms with E-state index >= 15 is 0 Å². The van der Waals surface area contributed by atoms with Gasteiger partial charge >= 0.3 is 0 Å². The topological polar surface area (TPSA) is 81.2 Å². The van der Waals surface area contributed by atoms with Crippen LogP contribution >= 0.6 is 11.9 Å². The van der Waals surface area contributed by atoms with Crippen LogP contribution in [0.5, 0.6) is 0 Å². The number of hydrogen-bond donors (Lipinski definition) is 2. The van der Waals surface area contributed by atoms with Crippen LogP contribution < -0.4 is 10.5 Å². The monoisotopic (exact) mass is 187 g/mol. The molecule has 0 aliphatic carbocycles. The van der Waals surface area contributed by atoms with Gasteiger partial charge in [-0.3, -0.25) is 10.1 Å². The lowest BCUT2D eigenvalue weighted by Gasteiger charge is -2.16. The minimum absolute atomic E-state index is 0.0587. The van der Waals surface area contributed by atoms with E-state index in [1.807, 2.05) is 11.5 Å². The van der Waals surface area contributed by atoms with Crippen molar-refractivity contribution in [3.8, 4) is 0 Å². The number of hydrogen-bond acceptors (Lipinski definition) is 5. The van der Waals surface area contributed by atoms with Gasteiger partial charge in [-0.15, -0.1) is 0 Å². The summed E-state index contributed by atoms with van der Waals surface area (Å²) >= 11 is 1.31. The number of rotatable bonds is 2. The van der Waals surface area contributed by atoms with Crippen molar-refractivity contribution >= 4 is 11.9 Å². The van der Waals surface area contributed by atoms with Crippen LogP contribution in [0, 0.1) is 16.0 Å². The second kappa shape index (κ2) is 4.13. The summed E-state index contributed by atoms with van der Waals surface area (Å²) in [6.45, 7) is 0.379. The molecule has 12 heavy (non-hydrogen) atoms. The molecule has 0 fully saturated rings. The molecule has 0 aromatic carbocycles. The van der Waals surface area contributed by atoms with Gasteiger partial charge < -0.3 is 10.5 Å². The lowest BCUT2D eigenvalue weighted by Crippen LogP contribution is -2.23. The molecule has 0 bridgehead atoms. The Morgan fingerprint density at radius 3 is 3.25 bits per heavy atom. The van der Waals surface area contributed by atoms with Gasteiger partial charge in [0.15, 0.2) is 0 Å². The van der Waals surface area contributed by atoms with Crippen LogP contribution in [0.25, 0.3) is 0 Å². The van der Waals surface area contributed by atoms with Gasteiger partial charge in [0.05, 0.1) is 4.92 Å². The van der Waals surface area contributed by atoms with Crippen molar-refractivity contribution in [2.75, 3.05) is 6.54 Å². The molecule has 6 heteroatoms. The van der Waals surface area contributed by atoms with Gasteiger partial charge in [0.1, 0.15) is 5.70 Å². The Bertz CT molecular complexity index is 239. The quantitative estimate of drug-likeness (QED) is 0.372. The van der Waals surface area contributed by atoms with Gasteiger partial charge in [-0.05, 0) is 17.4 Å². The number of nitrogens with zero attached hydrogens (tertiary/aromatic N) is 1. The van der Waals surface area contributed by atoms with Crippen molar-refractivity contribution in [2.24, 2.45) is 11.7 Å². The van der Waals surface area contributed by atoms with Gasteiger partial charge in [0.2, 0.25) is 0 Å². The van der Waals surface area contributed by atoms with Crippen molar-refractivity contribution in [1.29, 1.82) is 0 Å². The Hall–Kier alpha value is -1.01. The minimum Gasteiger partial charge on any atom is -0.329 e. The number of nitrogens with two attached hydrogens (primary N) is 1. The summed E-state index contributed by atoms with van der Waals surface area (Å²) in [4.78, 5) is 9.66. The lowest BCUT2D eigenvalue weighted by atomic mass is 10.1. The predicted molar refractivity (Wildman–Crippen MR) is 47.5 cm³/mol. The fourth-order valence-corrected chi connectivity index (χ4v) is 1.53. The van der Waals surface area contributed by atoms with E-state index in [1.165, 1.54) is 11.9 Å². The maximum Gasteiger partial charge on any atom is 0.254 e. The molecule has 0 aromatic rings. The van der Waals surface area contributed by atoms with Crippen molar-refractivity contribution in [1.82, 2.24) is 4.72 Å². The molecule has 5 nitrogen and oxygen atoms in total. The normalized spacial score (nSPS) is 25.4. The summed E-state index contributed by atoms with van der Waals surface area (Å²) in [5.41, 5.74) is 5.96. The Morgan fingerprint density at radius 2 is 2.67 bits per heavy atom. The van der Waals surface area contributed by atoms with Crippen LogP contribution in [-0.2, 0) is 0 Å². The molecule has 0 saturated heterocycles. The van der Waals surface area contributed by atoms with Gasteiger partial charge in [-0.2, -0.15) is 0 Å². The molecule has 0 spiro atoms. The second-order valence-electron chi connectivity index (χ2n) is 2.26. The van der Waals surface area contributed by atoms with Crippen molar-refractivity contribution in [3.63, 3.8) is 0 Å². The summed E-state index contributed by atoms with van der Waals surface area (Å²) in [7, 11) is 0. The van der Waals surface area contributed by atoms with Crippen LogP contribution in [0.2, 0.25) is 0 Å². The van der Waals surface area contributed by atoms with E-state index in [9.17, 15) is 10.1 Å². The Morgan fingerprint density at radius 1 is 1.92 bits per heavy atom. The van der Waals surface area contributed by atoms with Crippen LogP contribution in [-0.4, -0.2) is 11.5 Å². The summed E-state index contributed by atoms with van der Waals surface area (Å²) in [5, 5.41) is 12.0. The predicted octanol–water partition coefficient (Wildman–Crippen LogP) is 0.444. The molecule has 0 amide bonds. The van der Waals surface area contributed by atoms with E-state index in [2.05, 4.69) is 4.72 Å². The molecule has 3 N–H and O–H groups in total. The first-order chi connectivity index (χ1) is 5.74. The fraction of sp³-hybridized carbons (Fsp3) is 0.333. The van der Waals surface area contributed by atoms with Crippen molar-refractivity contribution < 1.29 is 4.92 Å². The third-order valence-electron chi connectivity index (χ3n) is 1.45. The number of nitrogens with one attached hydrogen (secondary N) is 1. The molecule has 0 aromatic heterocycles. The van der Waals surface area contributed by atoms with E-state index < -0.39 is 4.92 Å². The molecule has 1 rings (SSSR count).